The molecule has 8 aromatic carbocycles. The lowest BCUT2D eigenvalue weighted by atomic mass is 9.94. The van der Waals surface area contributed by atoms with Gasteiger partial charge in [0, 0.05) is 64.8 Å². The number of carbonyl (C=O) groups excluding carboxylic acids is 4. The minimum Gasteiger partial charge on any atom is -0.399 e. The molecule has 0 aliphatic heterocycles. The fraction of sp³-hybridized carbons (Fsp3) is 0.103. The Kier molecular flexibility index (Phi) is 22.6. The van der Waals surface area contributed by atoms with Gasteiger partial charge in [-0.1, -0.05) is 36.4 Å². The van der Waals surface area contributed by atoms with E-state index in [2.05, 4.69) is 20.5 Å². The highest BCUT2D eigenvalue weighted by molar-refractivity contribution is 7.52. The second-order valence-corrected chi connectivity index (χ2v) is 18.3. The van der Waals surface area contributed by atoms with Crippen LogP contribution in [0.3, 0.4) is 0 Å². The summed E-state index contributed by atoms with van der Waals surface area (Å²) in [5, 5.41) is 4.03. The van der Waals surface area contributed by atoms with E-state index in [-0.39, 0.29) is 53.4 Å². The topological polar surface area (TPSA) is 196 Å². The molecule has 0 fully saturated rings. The van der Waals surface area contributed by atoms with Crippen molar-refractivity contribution in [3.05, 3.63) is 213 Å². The van der Waals surface area contributed by atoms with Gasteiger partial charge in [-0.3, -0.25) is 23.9 Å². The van der Waals surface area contributed by atoms with E-state index < -0.39 is 57.5 Å². The number of halogens is 13. The van der Waals surface area contributed by atoms with Crippen molar-refractivity contribution in [2.24, 2.45) is 0 Å². The molecule has 0 spiro atoms. The van der Waals surface area contributed by atoms with Gasteiger partial charge in [0.15, 0.2) is 0 Å². The molecule has 434 valence electrons. The number of nitrogens with two attached hydrogens (primary N) is 4. The van der Waals surface area contributed by atoms with E-state index in [9.17, 15) is 58.7 Å². The number of anilines is 6. The summed E-state index contributed by atoms with van der Waals surface area (Å²) in [7, 11) is 3.56. The van der Waals surface area contributed by atoms with Crippen LogP contribution < -0.4 is 33.6 Å². The summed E-state index contributed by atoms with van der Waals surface area (Å²) in [4.78, 5) is 47.0. The zero-order valence-corrected chi connectivity index (χ0v) is 46.7. The number of nitrogen functional groups attached to an aromatic ring is 4. The molecule has 0 aliphatic carbocycles. The average Bonchev–Trinajstić information content (AvgIpc) is 1.21. The smallest absolute Gasteiger partial charge is 0.399 e. The van der Waals surface area contributed by atoms with Crippen molar-refractivity contribution in [1.82, 2.24) is 0 Å². The molecule has 0 saturated heterocycles. The van der Waals surface area contributed by atoms with Crippen molar-refractivity contribution in [2.45, 2.75) is 39.3 Å². The van der Waals surface area contributed by atoms with E-state index in [0.717, 1.165) is 18.2 Å². The second-order valence-electron chi connectivity index (χ2n) is 17.7. The van der Waals surface area contributed by atoms with E-state index in [0.29, 0.717) is 61.6 Å². The fourth-order valence-corrected chi connectivity index (χ4v) is 8.34. The molecule has 0 heterocycles. The van der Waals surface area contributed by atoms with E-state index >= 15 is 0 Å². The lowest BCUT2D eigenvalue weighted by molar-refractivity contribution is -0.137. The zero-order valence-electron chi connectivity index (χ0n) is 46.4. The first kappa shape index (κ1) is 64.1. The molecule has 0 bridgehead atoms. The van der Waals surface area contributed by atoms with Crippen molar-refractivity contribution in [3.63, 3.8) is 0 Å². The molecule has 10 N–H and O–H groups in total. The number of alkyl halides is 9. The van der Waals surface area contributed by atoms with Crippen LogP contribution in [-0.4, -0.2) is 34.7 Å². The molecule has 1 unspecified atom stereocenters. The minimum absolute atomic E-state index is 0.0224. The summed E-state index contributed by atoms with van der Waals surface area (Å²) in [5.74, 6) is -1.25. The number of amides is 2. The van der Waals surface area contributed by atoms with Crippen LogP contribution >= 0.6 is 43.0 Å². The molecule has 8 rings (SSSR count). The van der Waals surface area contributed by atoms with Crippen molar-refractivity contribution in [1.29, 1.82) is 4.07 Å². The van der Waals surface area contributed by atoms with Gasteiger partial charge in [0.1, 0.15) is 0 Å². The van der Waals surface area contributed by atoms with Crippen LogP contribution in [0.5, 0.6) is 0 Å². The molecule has 2 amide bonds. The SMILES string of the molecule is Cc1cc(N)ccc1-c1ccc(N)cc1C(F)(F)F.Cc1cc(NC(=O)c2ccc(C(=O)Nc3ccc(-c4ccc(N)cc4C)c(C(F)(F)F)c3)cc2)ccc1-c1ccc(N)cc1C(F)(F)F.O=C(Cl)c1ccc(C(=O)Cl)cc1.[2H][B].[3H]F.[3H]PCl. The lowest BCUT2D eigenvalue weighted by Crippen LogP contribution is -2.15. The van der Waals surface area contributed by atoms with Gasteiger partial charge in [0.05, 0.1) is 18.0 Å². The van der Waals surface area contributed by atoms with Crippen molar-refractivity contribution in [2.75, 3.05) is 33.6 Å². The zero-order chi connectivity index (χ0) is 65.0. The number of carbonyl (C=O) groups is 4. The Morgan fingerprint density at radius 1 is 0.446 bits per heavy atom. The van der Waals surface area contributed by atoms with Crippen molar-refractivity contribution < 1.29 is 63.4 Å². The Hall–Kier alpha value is -8.10. The standard InChI is InChI=1S/C36H28F6N4O2.C14H13F3N2.C8H4Cl2O2.BH.ClH2P.FH/c1-19-15-23(43)7-11-27(19)30-14-10-26(18-32(30)36(40,41)42)46-34(48)22-5-3-21(4-6-22)33(47)45-25-9-13-28(20(2)16-25)29-12-8-24(44)17-31(29)35(37,38)39;1-8-6-9(18)2-4-11(8)12-5-3-10(19)7-13(12)14(15,16)17;9-7(11)5-1-2-6(4-3-5)8(10)12;;1-2;/h3-18H,43-44H2,1-2H3,(H,45,47)(H,46,48);2-7H,18-19H2,1H3;1-4H;1H;2H2;1H/i;;;1D;2T;/hT. The molecule has 25 heteroatoms. The van der Waals surface area contributed by atoms with Crippen molar-refractivity contribution >= 4 is 108 Å². The normalized spacial score (nSPS) is 11.3. The Morgan fingerprint density at radius 2 is 0.687 bits per heavy atom. The number of nitrogens with one attached hydrogen (secondary N) is 2. The monoisotopic (exact) mass is 1240 g/mol. The maximum Gasteiger partial charge on any atom is 0.417 e. The Morgan fingerprint density at radius 3 is 0.976 bits per heavy atom. The number of aryl methyl sites for hydroxylation is 3. The van der Waals surface area contributed by atoms with Gasteiger partial charge < -0.3 is 33.6 Å². The number of hydrogen-bond acceptors (Lipinski definition) is 8. The molecule has 0 saturated carbocycles. The Bertz CT molecular complexity index is 3630. The van der Waals surface area contributed by atoms with Gasteiger partial charge in [0.25, 0.3) is 23.8 Å². The van der Waals surface area contributed by atoms with E-state index in [1.54, 1.807) is 45.0 Å². The summed E-state index contributed by atoms with van der Waals surface area (Å²) >= 11 is 15.0. The van der Waals surface area contributed by atoms with E-state index in [1.165, 1.54) is 115 Å². The quantitative estimate of drug-likeness (QED) is 0.0270. The average molecular weight is 1240 g/mol. The van der Waals surface area contributed by atoms with Gasteiger partial charge >= 0.3 is 18.5 Å². The summed E-state index contributed by atoms with van der Waals surface area (Å²) < 4.78 is 146. The highest BCUT2D eigenvalue weighted by Crippen LogP contribution is 2.43. The van der Waals surface area contributed by atoms with Crippen molar-refractivity contribution in [3.8, 4) is 33.4 Å². The lowest BCUT2D eigenvalue weighted by Gasteiger charge is -2.17. The van der Waals surface area contributed by atoms with Gasteiger partial charge in [0.2, 0.25) is 0 Å². The van der Waals surface area contributed by atoms with Crippen LogP contribution in [0.4, 0.5) is 78.4 Å². The van der Waals surface area contributed by atoms with Gasteiger partial charge in [-0.2, -0.15) is 39.5 Å². The molecular weight excluding hydrogens is 1180 g/mol. The van der Waals surface area contributed by atoms with Crippen LogP contribution in [-0.2, 0) is 18.5 Å². The van der Waals surface area contributed by atoms with Gasteiger partial charge in [-0.15, -0.1) is 11.2 Å². The Labute approximate surface area is 492 Å². The third-order valence-electron chi connectivity index (χ3n) is 11.9. The van der Waals surface area contributed by atoms with Crippen LogP contribution in [0.25, 0.3) is 33.4 Å². The third-order valence-corrected chi connectivity index (χ3v) is 12.3. The summed E-state index contributed by atoms with van der Waals surface area (Å²) in [6, 6.07) is 35.9. The van der Waals surface area contributed by atoms with Crippen LogP contribution in [0.2, 0.25) is 0 Å². The molecular formula is C58H49BCl3F10N6O4P. The molecule has 0 aromatic heterocycles. The van der Waals surface area contributed by atoms with Gasteiger partial charge in [-0.25, -0.2) is 0 Å². The largest absolute Gasteiger partial charge is 0.417 e. The molecule has 83 heavy (non-hydrogen) atoms. The molecule has 8 aromatic rings. The third kappa shape index (κ3) is 18.5. The Balaban J connectivity index is 0.000000413. The maximum atomic E-state index is 14.0. The molecule has 0 aliphatic rings. The highest BCUT2D eigenvalue weighted by Gasteiger charge is 2.36. The van der Waals surface area contributed by atoms with Crippen LogP contribution in [0, 0.1) is 20.8 Å². The number of rotatable bonds is 9. The first-order chi connectivity index (χ1) is 40.3. The summed E-state index contributed by atoms with van der Waals surface area (Å²) in [6.45, 7) is 4.99. The van der Waals surface area contributed by atoms with E-state index in [4.69, 9.17) is 64.7 Å². The fourth-order valence-electron chi connectivity index (χ4n) is 8.09. The van der Waals surface area contributed by atoms with E-state index in [1.807, 2.05) is 0 Å². The molecule has 2 radical (unpaired) electrons. The predicted octanol–water partition coefficient (Wildman–Crippen LogP) is 16.2. The number of hydrogen-bond donors (Lipinski definition) is 6. The van der Waals surface area contributed by atoms with Crippen LogP contribution in [0.15, 0.2) is 158 Å². The molecule has 10 nitrogen and oxygen atoms in total. The van der Waals surface area contributed by atoms with Gasteiger partial charge in [-0.05, 0) is 225 Å². The molecule has 1 atom stereocenters. The maximum absolute atomic E-state index is 14.0. The summed E-state index contributed by atoms with van der Waals surface area (Å²) in [6.07, 6.45) is -13.8. The first-order valence-electron chi connectivity index (χ1n) is 24.8. The second kappa shape index (κ2) is 29.2. The minimum atomic E-state index is -4.71. The first-order valence-corrected chi connectivity index (χ1v) is 25.6. The number of benzene rings is 8. The highest BCUT2D eigenvalue weighted by atomic mass is 35.7. The summed E-state index contributed by atoms with van der Waals surface area (Å²) in [5.41, 5.74) is 24.9. The van der Waals surface area contributed by atoms with Crippen LogP contribution in [0.1, 0.15) is 74.8 Å². The predicted molar refractivity (Wildman–Crippen MR) is 317 cm³/mol.